The summed E-state index contributed by atoms with van der Waals surface area (Å²) in [5, 5.41) is 7.17. The molecule has 0 radical (unpaired) electrons. The molecule has 0 bridgehead atoms. The molecule has 1 saturated carbocycles. The topological polar surface area (TPSA) is 81.5 Å². The van der Waals surface area contributed by atoms with Crippen molar-refractivity contribution in [3.63, 3.8) is 0 Å². The van der Waals surface area contributed by atoms with Crippen molar-refractivity contribution in [2.45, 2.75) is 31.8 Å². The molecular weight excluding hydrogens is 489 g/mol. The maximum atomic E-state index is 13.7. The van der Waals surface area contributed by atoms with Gasteiger partial charge in [0, 0.05) is 24.8 Å². The predicted molar refractivity (Wildman–Crippen MR) is 123 cm³/mol. The number of halogens is 2. The Hall–Kier alpha value is -3.53. The van der Waals surface area contributed by atoms with Gasteiger partial charge in [-0.1, -0.05) is 6.07 Å². The second-order valence-electron chi connectivity index (χ2n) is 8.30. The SMILES string of the molecule is O=C(NCc1ncn2cc(F)c(Br)cc12)c1cnn(Cc2cn3cc(C4CC4)ccc3n2)c1. The van der Waals surface area contributed by atoms with Gasteiger partial charge < -0.3 is 14.1 Å². The third-order valence-corrected chi connectivity index (χ3v) is 6.47. The Kier molecular flexibility index (Phi) is 4.75. The number of carbonyl (C=O) groups is 1. The minimum Gasteiger partial charge on any atom is -0.346 e. The molecule has 0 aromatic carbocycles. The van der Waals surface area contributed by atoms with E-state index in [2.05, 4.69) is 53.0 Å². The molecule has 1 aliphatic carbocycles. The Bertz CT molecular complexity index is 1510. The van der Waals surface area contributed by atoms with E-state index in [1.807, 2.05) is 12.3 Å². The zero-order valence-electron chi connectivity index (χ0n) is 17.4. The van der Waals surface area contributed by atoms with E-state index in [4.69, 9.17) is 0 Å². The molecule has 8 nitrogen and oxygen atoms in total. The number of hydrogen-bond donors (Lipinski definition) is 1. The first-order valence-electron chi connectivity index (χ1n) is 10.6. The van der Waals surface area contributed by atoms with Crippen LogP contribution in [0.4, 0.5) is 4.39 Å². The summed E-state index contributed by atoms with van der Waals surface area (Å²) >= 11 is 3.18. The van der Waals surface area contributed by atoms with E-state index in [0.29, 0.717) is 28.2 Å². The van der Waals surface area contributed by atoms with Crippen molar-refractivity contribution in [2.24, 2.45) is 0 Å². The number of fused-ring (bicyclic) bond motifs is 2. The number of amides is 1. The maximum Gasteiger partial charge on any atom is 0.254 e. The van der Waals surface area contributed by atoms with Gasteiger partial charge in [0.15, 0.2) is 5.82 Å². The number of imidazole rings is 2. The first-order chi connectivity index (χ1) is 16.0. The molecule has 10 heteroatoms. The summed E-state index contributed by atoms with van der Waals surface area (Å²) in [5.74, 6) is 0.0554. The lowest BCUT2D eigenvalue weighted by Crippen LogP contribution is -2.22. The highest BCUT2D eigenvalue weighted by atomic mass is 79.9. The van der Waals surface area contributed by atoms with Crippen molar-refractivity contribution in [3.05, 3.63) is 88.3 Å². The third-order valence-electron chi connectivity index (χ3n) is 5.86. The molecule has 1 amide bonds. The zero-order valence-corrected chi connectivity index (χ0v) is 19.0. The van der Waals surface area contributed by atoms with E-state index < -0.39 is 0 Å². The lowest BCUT2D eigenvalue weighted by molar-refractivity contribution is 0.0950. The molecule has 0 aliphatic heterocycles. The van der Waals surface area contributed by atoms with Crippen molar-refractivity contribution in [2.75, 3.05) is 0 Å². The Labute approximate surface area is 196 Å². The highest BCUT2D eigenvalue weighted by Crippen LogP contribution is 2.39. The number of rotatable bonds is 6. The van der Waals surface area contributed by atoms with Crippen LogP contribution in [-0.2, 0) is 13.1 Å². The minimum absolute atomic E-state index is 0.217. The van der Waals surface area contributed by atoms with Crippen LogP contribution in [-0.4, -0.2) is 34.5 Å². The second kappa shape index (κ2) is 7.80. The summed E-state index contributed by atoms with van der Waals surface area (Å²) < 4.78 is 19.4. The quantitative estimate of drug-likeness (QED) is 0.377. The van der Waals surface area contributed by atoms with Crippen LogP contribution in [0.2, 0.25) is 0 Å². The fraction of sp³-hybridized carbons (Fsp3) is 0.217. The molecule has 5 aromatic rings. The van der Waals surface area contributed by atoms with Crippen LogP contribution in [0.1, 0.15) is 46.1 Å². The third kappa shape index (κ3) is 3.91. The van der Waals surface area contributed by atoms with Crippen LogP contribution in [0.15, 0.2) is 60.0 Å². The standard InChI is InChI=1S/C23H19BrFN7O/c24-18-5-21-20(27-13-31(21)12-19(18)25)7-26-23(33)16-6-28-32(9-16)11-17-10-30-8-15(14-1-2-14)3-4-22(30)29-17/h3-6,8-10,12-14H,1-2,7,11H2,(H,26,33). The summed E-state index contributed by atoms with van der Waals surface area (Å²) in [5.41, 5.74) is 4.94. The molecule has 33 heavy (non-hydrogen) atoms. The number of carbonyl (C=O) groups excluding carboxylic acids is 1. The summed E-state index contributed by atoms with van der Waals surface area (Å²) in [4.78, 5) is 21.6. The smallest absolute Gasteiger partial charge is 0.254 e. The van der Waals surface area contributed by atoms with Crippen LogP contribution in [0.3, 0.4) is 0 Å². The number of nitrogens with zero attached hydrogens (tertiary/aromatic N) is 6. The van der Waals surface area contributed by atoms with Gasteiger partial charge in [0.2, 0.25) is 0 Å². The average molecular weight is 508 g/mol. The van der Waals surface area contributed by atoms with Crippen LogP contribution >= 0.6 is 15.9 Å². The van der Waals surface area contributed by atoms with Gasteiger partial charge in [-0.05, 0) is 52.4 Å². The molecule has 6 rings (SSSR count). The van der Waals surface area contributed by atoms with E-state index in [-0.39, 0.29) is 18.3 Å². The molecule has 5 heterocycles. The number of nitrogens with one attached hydrogen (secondary N) is 1. The molecule has 0 spiro atoms. The lowest BCUT2D eigenvalue weighted by Gasteiger charge is -2.03. The van der Waals surface area contributed by atoms with E-state index in [9.17, 15) is 9.18 Å². The lowest BCUT2D eigenvalue weighted by atomic mass is 10.2. The Balaban J connectivity index is 1.13. The number of hydrogen-bond acceptors (Lipinski definition) is 4. The monoisotopic (exact) mass is 507 g/mol. The molecule has 1 N–H and O–H groups in total. The maximum absolute atomic E-state index is 13.7. The molecule has 5 aromatic heterocycles. The Morgan fingerprint density at radius 3 is 2.91 bits per heavy atom. The normalized spacial score (nSPS) is 13.8. The van der Waals surface area contributed by atoms with Crippen molar-refractivity contribution < 1.29 is 9.18 Å². The van der Waals surface area contributed by atoms with Crippen molar-refractivity contribution in [1.82, 2.24) is 33.9 Å². The average Bonchev–Trinajstić information content (AvgIpc) is 3.23. The molecule has 1 aliphatic rings. The second-order valence-corrected chi connectivity index (χ2v) is 9.15. The number of aromatic nitrogens is 6. The first kappa shape index (κ1) is 20.1. The molecule has 0 unspecified atom stereocenters. The van der Waals surface area contributed by atoms with Gasteiger partial charge in [-0.15, -0.1) is 0 Å². The summed E-state index contributed by atoms with van der Waals surface area (Å²) in [7, 11) is 0. The largest absolute Gasteiger partial charge is 0.346 e. The molecule has 0 atom stereocenters. The summed E-state index contributed by atoms with van der Waals surface area (Å²) in [6, 6.07) is 5.84. The molecular formula is C23H19BrFN7O. The van der Waals surface area contributed by atoms with Gasteiger partial charge in [0.1, 0.15) is 5.65 Å². The highest BCUT2D eigenvalue weighted by Gasteiger charge is 2.23. The van der Waals surface area contributed by atoms with Crippen LogP contribution < -0.4 is 5.32 Å². The van der Waals surface area contributed by atoms with Crippen molar-refractivity contribution in [3.8, 4) is 0 Å². The van der Waals surface area contributed by atoms with E-state index >= 15 is 0 Å². The zero-order chi connectivity index (χ0) is 22.5. The van der Waals surface area contributed by atoms with Gasteiger partial charge in [-0.2, -0.15) is 5.10 Å². The predicted octanol–water partition coefficient (Wildman–Crippen LogP) is 3.94. The highest BCUT2D eigenvalue weighted by molar-refractivity contribution is 9.10. The van der Waals surface area contributed by atoms with Crippen LogP contribution in [0.25, 0.3) is 11.2 Å². The van der Waals surface area contributed by atoms with Crippen LogP contribution in [0.5, 0.6) is 0 Å². The molecule has 166 valence electrons. The van der Waals surface area contributed by atoms with Crippen molar-refractivity contribution >= 4 is 33.0 Å². The van der Waals surface area contributed by atoms with Gasteiger partial charge in [0.25, 0.3) is 5.91 Å². The van der Waals surface area contributed by atoms with Crippen molar-refractivity contribution in [1.29, 1.82) is 0 Å². The Morgan fingerprint density at radius 2 is 2.06 bits per heavy atom. The Morgan fingerprint density at radius 1 is 1.18 bits per heavy atom. The minimum atomic E-state index is -0.378. The fourth-order valence-corrected chi connectivity index (χ4v) is 4.29. The molecule has 0 saturated heterocycles. The van der Waals surface area contributed by atoms with Gasteiger partial charge >= 0.3 is 0 Å². The van der Waals surface area contributed by atoms with Crippen LogP contribution in [0, 0.1) is 5.82 Å². The van der Waals surface area contributed by atoms with E-state index in [1.54, 1.807) is 21.3 Å². The van der Waals surface area contributed by atoms with Gasteiger partial charge in [-0.25, -0.2) is 14.4 Å². The first-order valence-corrected chi connectivity index (χ1v) is 11.4. The van der Waals surface area contributed by atoms with Gasteiger partial charge in [-0.3, -0.25) is 9.48 Å². The molecule has 1 fully saturated rings. The van der Waals surface area contributed by atoms with Gasteiger partial charge in [0.05, 0.1) is 52.6 Å². The van der Waals surface area contributed by atoms with E-state index in [1.165, 1.54) is 37.1 Å². The summed E-state index contributed by atoms with van der Waals surface area (Å²) in [6.07, 6.45) is 12.8. The van der Waals surface area contributed by atoms with E-state index in [0.717, 1.165) is 16.9 Å². The number of pyridine rings is 2. The fourth-order valence-electron chi connectivity index (χ4n) is 3.97. The summed E-state index contributed by atoms with van der Waals surface area (Å²) in [6.45, 7) is 0.688.